The van der Waals surface area contributed by atoms with Gasteiger partial charge in [0.05, 0.1) is 36.6 Å². The molecule has 0 bridgehead atoms. The molecule has 1 aliphatic rings. The van der Waals surface area contributed by atoms with Gasteiger partial charge in [-0.15, -0.1) is 0 Å². The molecule has 1 fully saturated rings. The number of carbonyl (C=O) groups excluding carboxylic acids is 2. The maximum Gasteiger partial charge on any atom is 0.338 e. The fourth-order valence-corrected chi connectivity index (χ4v) is 4.51. The van der Waals surface area contributed by atoms with Gasteiger partial charge in [-0.2, -0.15) is 0 Å². The Kier molecular flexibility index (Phi) is 10.1. The van der Waals surface area contributed by atoms with Crippen LogP contribution < -0.4 is 20.1 Å². The minimum Gasteiger partial charge on any atom is -0.484 e. The zero-order chi connectivity index (χ0) is 31.9. The van der Waals surface area contributed by atoms with Crippen molar-refractivity contribution < 1.29 is 41.7 Å². The van der Waals surface area contributed by atoms with Crippen molar-refractivity contribution in [1.82, 2.24) is 4.98 Å². The van der Waals surface area contributed by atoms with Crippen LogP contribution >= 0.6 is 11.6 Å². The summed E-state index contributed by atoms with van der Waals surface area (Å²) < 4.78 is 65.3. The lowest BCUT2D eigenvalue weighted by Gasteiger charge is -2.27. The van der Waals surface area contributed by atoms with Crippen LogP contribution in [0.5, 0.6) is 17.2 Å². The van der Waals surface area contributed by atoms with E-state index in [0.717, 1.165) is 24.6 Å². The molecule has 1 aromatic heterocycles. The number of esters is 1. The first-order valence-corrected chi connectivity index (χ1v) is 14.1. The Balaban J connectivity index is 1.22. The molecular formula is C32H27ClF3N3O6. The van der Waals surface area contributed by atoms with Gasteiger partial charge in [0.25, 0.3) is 0 Å². The number of methoxy groups -OCH3 is 1. The highest BCUT2D eigenvalue weighted by atomic mass is 35.5. The number of hydrogen-bond acceptors (Lipinski definition) is 8. The first kappa shape index (κ1) is 31.6. The van der Waals surface area contributed by atoms with Crippen molar-refractivity contribution in [3.63, 3.8) is 0 Å². The molecule has 3 aromatic carbocycles. The van der Waals surface area contributed by atoms with E-state index in [-0.39, 0.29) is 51.7 Å². The molecule has 13 heteroatoms. The summed E-state index contributed by atoms with van der Waals surface area (Å²) in [6.45, 7) is 0.888. The number of halogens is 4. The van der Waals surface area contributed by atoms with E-state index in [1.54, 1.807) is 12.1 Å². The molecular weight excluding hydrogens is 615 g/mol. The summed E-state index contributed by atoms with van der Waals surface area (Å²) in [7, 11) is 1.17. The summed E-state index contributed by atoms with van der Waals surface area (Å²) in [5, 5.41) is 5.71. The van der Waals surface area contributed by atoms with Gasteiger partial charge in [-0.1, -0.05) is 17.7 Å². The van der Waals surface area contributed by atoms with E-state index in [1.165, 1.54) is 43.6 Å². The molecule has 0 unspecified atom stereocenters. The number of ether oxygens (including phenoxy) is 4. The molecule has 1 aliphatic heterocycles. The van der Waals surface area contributed by atoms with Crippen LogP contribution in [0.4, 0.5) is 24.5 Å². The first-order chi connectivity index (χ1) is 21.7. The van der Waals surface area contributed by atoms with Crippen LogP contribution in [0.3, 0.4) is 0 Å². The molecule has 234 valence electrons. The van der Waals surface area contributed by atoms with Gasteiger partial charge >= 0.3 is 5.97 Å². The summed E-state index contributed by atoms with van der Waals surface area (Å²) in [6, 6.07) is 13.4. The van der Waals surface area contributed by atoms with Gasteiger partial charge in [-0.05, 0) is 54.4 Å². The maximum atomic E-state index is 15.0. The zero-order valence-corrected chi connectivity index (χ0v) is 24.6. The van der Waals surface area contributed by atoms with Gasteiger partial charge in [0.1, 0.15) is 35.4 Å². The lowest BCUT2D eigenvalue weighted by Crippen LogP contribution is -2.33. The van der Waals surface area contributed by atoms with E-state index < -0.39 is 35.7 Å². The topological polar surface area (TPSA) is 108 Å². The monoisotopic (exact) mass is 641 g/mol. The fourth-order valence-electron chi connectivity index (χ4n) is 4.35. The van der Waals surface area contributed by atoms with Crippen molar-refractivity contribution >= 4 is 34.9 Å². The number of nitrogens with zero attached hydrogens (tertiary/aromatic N) is 1. The third-order valence-corrected chi connectivity index (χ3v) is 6.99. The van der Waals surface area contributed by atoms with Crippen LogP contribution in [-0.4, -0.2) is 43.2 Å². The Morgan fingerprint density at radius 3 is 2.51 bits per heavy atom. The largest absolute Gasteiger partial charge is 0.484 e. The SMILES string of the molecule is COC(=O)c1cc(F)c(NC(=O)Cc2ccc(Oc3ccnc(COc4ccc(Cl)cc4F)c3)cc2F)c(NC[C@@H]2CCO2)c1. The van der Waals surface area contributed by atoms with Crippen molar-refractivity contribution in [2.45, 2.75) is 25.6 Å². The highest BCUT2D eigenvalue weighted by Crippen LogP contribution is 2.30. The number of pyridine rings is 1. The summed E-state index contributed by atoms with van der Waals surface area (Å²) in [4.78, 5) is 29.0. The summed E-state index contributed by atoms with van der Waals surface area (Å²) in [5.41, 5.74) is 0.387. The highest BCUT2D eigenvalue weighted by molar-refractivity contribution is 6.30. The smallest absolute Gasteiger partial charge is 0.338 e. The molecule has 9 nitrogen and oxygen atoms in total. The van der Waals surface area contributed by atoms with Gasteiger partial charge in [0.15, 0.2) is 11.6 Å². The quantitative estimate of drug-likeness (QED) is 0.165. The van der Waals surface area contributed by atoms with Gasteiger partial charge in [0.2, 0.25) is 5.91 Å². The first-order valence-electron chi connectivity index (χ1n) is 13.7. The number of anilines is 2. The average molecular weight is 642 g/mol. The third kappa shape index (κ3) is 8.22. The molecule has 2 heterocycles. The van der Waals surface area contributed by atoms with Gasteiger partial charge in [-0.25, -0.2) is 18.0 Å². The van der Waals surface area contributed by atoms with E-state index in [1.807, 2.05) is 0 Å². The van der Waals surface area contributed by atoms with Gasteiger partial charge in [0, 0.05) is 36.5 Å². The van der Waals surface area contributed by atoms with E-state index >= 15 is 8.78 Å². The Bertz CT molecular complexity index is 1720. The van der Waals surface area contributed by atoms with E-state index in [9.17, 15) is 14.0 Å². The number of aromatic nitrogens is 1. The van der Waals surface area contributed by atoms with Crippen LogP contribution in [0.15, 0.2) is 66.9 Å². The van der Waals surface area contributed by atoms with Gasteiger partial charge < -0.3 is 29.6 Å². The number of amides is 1. The predicted molar refractivity (Wildman–Crippen MR) is 159 cm³/mol. The van der Waals surface area contributed by atoms with Crippen molar-refractivity contribution in [2.24, 2.45) is 0 Å². The van der Waals surface area contributed by atoms with Crippen LogP contribution in [0, 0.1) is 17.5 Å². The van der Waals surface area contributed by atoms with E-state index in [0.29, 0.717) is 24.6 Å². The number of nitrogens with one attached hydrogen (secondary N) is 2. The van der Waals surface area contributed by atoms with Crippen molar-refractivity contribution in [3.8, 4) is 17.2 Å². The van der Waals surface area contributed by atoms with Gasteiger partial charge in [-0.3, -0.25) is 9.78 Å². The summed E-state index contributed by atoms with van der Waals surface area (Å²) in [6.07, 6.45) is 1.78. The minimum absolute atomic E-state index is 0.00548. The molecule has 5 rings (SSSR count). The molecule has 4 aromatic rings. The lowest BCUT2D eigenvalue weighted by molar-refractivity contribution is -0.115. The summed E-state index contributed by atoms with van der Waals surface area (Å²) >= 11 is 5.76. The molecule has 0 radical (unpaired) electrons. The van der Waals surface area contributed by atoms with E-state index in [4.69, 9.17) is 25.8 Å². The fraction of sp³-hybridized carbons (Fsp3) is 0.219. The molecule has 1 saturated heterocycles. The molecule has 2 N–H and O–H groups in total. The second-order valence-corrected chi connectivity index (χ2v) is 10.4. The normalized spacial score (nSPS) is 13.8. The molecule has 0 spiro atoms. The second kappa shape index (κ2) is 14.3. The zero-order valence-electron chi connectivity index (χ0n) is 23.9. The number of hydrogen-bond donors (Lipinski definition) is 2. The molecule has 45 heavy (non-hydrogen) atoms. The van der Waals surface area contributed by atoms with Crippen LogP contribution in [0.2, 0.25) is 5.02 Å². The van der Waals surface area contributed by atoms with Crippen LogP contribution in [-0.2, 0) is 27.3 Å². The Hall–Kier alpha value is -4.81. The van der Waals surface area contributed by atoms with Crippen LogP contribution in [0.25, 0.3) is 0 Å². The second-order valence-electron chi connectivity index (χ2n) is 9.96. The predicted octanol–water partition coefficient (Wildman–Crippen LogP) is 6.69. The maximum absolute atomic E-state index is 15.0. The van der Waals surface area contributed by atoms with Crippen molar-refractivity contribution in [2.75, 3.05) is 30.9 Å². The lowest BCUT2D eigenvalue weighted by atomic mass is 10.1. The highest BCUT2D eigenvalue weighted by Gasteiger charge is 2.22. The van der Waals surface area contributed by atoms with E-state index in [2.05, 4.69) is 20.4 Å². The molecule has 0 saturated carbocycles. The van der Waals surface area contributed by atoms with Crippen LogP contribution in [0.1, 0.15) is 28.0 Å². The number of rotatable bonds is 12. The molecule has 1 amide bonds. The Morgan fingerprint density at radius 2 is 1.80 bits per heavy atom. The standard InChI is InChI=1S/C32H27ClF3N3O6/c1-42-32(41)19-10-27(36)31(28(11-19)38-16-24-7-9-43-24)39-30(40)12-18-2-4-22(15-25(18)34)45-23-6-8-37-21(14-23)17-44-29-5-3-20(33)13-26(29)35/h2-6,8,10-11,13-15,24,38H,7,9,12,16-17H2,1H3,(H,39,40)/t24-/m0/s1. The number of benzene rings is 3. The number of carbonyl (C=O) groups is 2. The van der Waals surface area contributed by atoms with Crippen molar-refractivity contribution in [1.29, 1.82) is 0 Å². The average Bonchev–Trinajstić information content (AvgIpc) is 2.98. The molecule has 1 atom stereocenters. The molecule has 0 aliphatic carbocycles. The third-order valence-electron chi connectivity index (χ3n) is 6.76. The van der Waals surface area contributed by atoms with Crippen molar-refractivity contribution in [3.05, 3.63) is 106 Å². The minimum atomic E-state index is -0.868. The Morgan fingerprint density at radius 1 is 1.00 bits per heavy atom. The summed E-state index contributed by atoms with van der Waals surface area (Å²) in [5.74, 6) is -3.16. The Labute approximate surface area is 261 Å².